The molecule has 2 heterocycles. The molecule has 2 aliphatic heterocycles. The Bertz CT molecular complexity index is 577. The van der Waals surface area contributed by atoms with Crippen LogP contribution in [0.25, 0.3) is 0 Å². The number of nitrogens with zero attached hydrogens (tertiary/aromatic N) is 1. The fourth-order valence-corrected chi connectivity index (χ4v) is 5.41. The van der Waals surface area contributed by atoms with Crippen molar-refractivity contribution in [1.29, 1.82) is 0 Å². The molecule has 0 aromatic carbocycles. The van der Waals surface area contributed by atoms with Gasteiger partial charge in [-0.3, -0.25) is 9.69 Å². The summed E-state index contributed by atoms with van der Waals surface area (Å²) in [7, 11) is 0. The van der Waals surface area contributed by atoms with Crippen LogP contribution in [-0.4, -0.2) is 42.6 Å². The molecule has 3 atom stereocenters. The van der Waals surface area contributed by atoms with Crippen molar-refractivity contribution in [2.75, 3.05) is 19.8 Å². The van der Waals surface area contributed by atoms with E-state index in [-0.39, 0.29) is 11.8 Å². The molecular weight excluding hydrogens is 324 g/mol. The zero-order chi connectivity index (χ0) is 17.9. The Labute approximate surface area is 158 Å². The van der Waals surface area contributed by atoms with Crippen molar-refractivity contribution < 1.29 is 9.53 Å². The summed E-state index contributed by atoms with van der Waals surface area (Å²) >= 11 is 0. The lowest BCUT2D eigenvalue weighted by molar-refractivity contribution is -0.127. The first kappa shape index (κ1) is 18.2. The van der Waals surface area contributed by atoms with E-state index in [0.717, 1.165) is 62.6 Å². The summed E-state index contributed by atoms with van der Waals surface area (Å²) in [5.74, 6) is 1.09. The van der Waals surface area contributed by atoms with Crippen LogP contribution in [0.1, 0.15) is 64.7 Å². The average Bonchev–Trinajstić information content (AvgIpc) is 3.32. The smallest absolute Gasteiger partial charge is 0.227 e. The fraction of sp³-hybridized carbons (Fsp3) is 0.773. The first-order valence-corrected chi connectivity index (χ1v) is 10.7. The number of hydrogen-bond acceptors (Lipinski definition) is 3. The number of ether oxygens (including phenoxy) is 1. The summed E-state index contributed by atoms with van der Waals surface area (Å²) in [5, 5.41) is 3.17. The number of hydrogen-bond donors (Lipinski definition) is 1. The van der Waals surface area contributed by atoms with Gasteiger partial charge in [0.05, 0.1) is 0 Å². The van der Waals surface area contributed by atoms with Crippen LogP contribution in [0.2, 0.25) is 0 Å². The Hall–Kier alpha value is -1.13. The molecule has 26 heavy (non-hydrogen) atoms. The Morgan fingerprint density at radius 2 is 1.96 bits per heavy atom. The van der Waals surface area contributed by atoms with Gasteiger partial charge in [-0.05, 0) is 83.2 Å². The number of likely N-dealkylation sites (tertiary alicyclic amines) is 1. The van der Waals surface area contributed by atoms with Gasteiger partial charge in [0.25, 0.3) is 0 Å². The van der Waals surface area contributed by atoms with Crippen LogP contribution in [0.3, 0.4) is 0 Å². The van der Waals surface area contributed by atoms with Gasteiger partial charge < -0.3 is 10.1 Å². The SMILES string of the molecule is C[C@H]1CCCN1C1CC[C@H](C2=CC=C(NC(=O)C3CCOCC3)CC2)C1. The summed E-state index contributed by atoms with van der Waals surface area (Å²) in [6.07, 6.45) is 15.1. The molecule has 4 aliphatic rings. The van der Waals surface area contributed by atoms with Gasteiger partial charge in [0.2, 0.25) is 5.91 Å². The standard InChI is InChI=1S/C22H34N2O2/c1-16-3-2-12-24(16)21-9-6-19(15-21)17-4-7-20(8-5-17)23-22(25)18-10-13-26-14-11-18/h4,7,16,18-19,21H,2-3,5-6,8-15H2,1H3,(H,23,25)/t16-,19-,21?/m0/s1. The maximum absolute atomic E-state index is 12.4. The lowest BCUT2D eigenvalue weighted by atomic mass is 9.89. The largest absolute Gasteiger partial charge is 0.381 e. The first-order valence-electron chi connectivity index (χ1n) is 10.7. The number of carbonyl (C=O) groups is 1. The zero-order valence-corrected chi connectivity index (χ0v) is 16.2. The molecule has 4 rings (SSSR count). The molecule has 2 saturated heterocycles. The fourth-order valence-electron chi connectivity index (χ4n) is 5.41. The van der Waals surface area contributed by atoms with Crippen molar-refractivity contribution in [2.24, 2.45) is 11.8 Å². The van der Waals surface area contributed by atoms with Crippen molar-refractivity contribution >= 4 is 5.91 Å². The molecule has 144 valence electrons. The molecule has 1 unspecified atom stereocenters. The minimum absolute atomic E-state index is 0.132. The van der Waals surface area contributed by atoms with Gasteiger partial charge in [-0.15, -0.1) is 0 Å². The average molecular weight is 359 g/mol. The second kappa shape index (κ2) is 8.26. The molecule has 0 aromatic heterocycles. The highest BCUT2D eigenvalue weighted by atomic mass is 16.5. The molecule has 1 N–H and O–H groups in total. The van der Waals surface area contributed by atoms with Gasteiger partial charge >= 0.3 is 0 Å². The van der Waals surface area contributed by atoms with Gasteiger partial charge in [0, 0.05) is 36.9 Å². The minimum Gasteiger partial charge on any atom is -0.381 e. The number of rotatable bonds is 4. The molecule has 4 heteroatoms. The lowest BCUT2D eigenvalue weighted by Crippen LogP contribution is -2.36. The van der Waals surface area contributed by atoms with Crippen LogP contribution in [0.4, 0.5) is 0 Å². The second-order valence-electron chi connectivity index (χ2n) is 8.70. The highest BCUT2D eigenvalue weighted by molar-refractivity contribution is 5.80. The van der Waals surface area contributed by atoms with Crippen molar-refractivity contribution in [3.8, 4) is 0 Å². The van der Waals surface area contributed by atoms with Crippen LogP contribution in [0, 0.1) is 11.8 Å². The Morgan fingerprint density at radius 1 is 1.12 bits per heavy atom. The topological polar surface area (TPSA) is 41.6 Å². The van der Waals surface area contributed by atoms with Crippen molar-refractivity contribution in [1.82, 2.24) is 10.2 Å². The quantitative estimate of drug-likeness (QED) is 0.831. The number of allylic oxidation sites excluding steroid dienone is 4. The molecule has 0 bridgehead atoms. The van der Waals surface area contributed by atoms with E-state index in [9.17, 15) is 4.79 Å². The normalized spacial score (nSPS) is 33.8. The molecule has 1 amide bonds. The lowest BCUT2D eigenvalue weighted by Gasteiger charge is -2.29. The van der Waals surface area contributed by atoms with Crippen molar-refractivity contribution in [3.05, 3.63) is 23.4 Å². The minimum atomic E-state index is 0.132. The molecule has 0 spiro atoms. The predicted octanol–water partition coefficient (Wildman–Crippen LogP) is 3.79. The Balaban J connectivity index is 1.30. The van der Waals surface area contributed by atoms with Gasteiger partial charge in [-0.2, -0.15) is 0 Å². The van der Waals surface area contributed by atoms with Crippen LogP contribution < -0.4 is 5.32 Å². The highest BCUT2D eigenvalue weighted by Gasteiger charge is 2.35. The predicted molar refractivity (Wildman–Crippen MR) is 104 cm³/mol. The molecule has 2 aliphatic carbocycles. The summed E-state index contributed by atoms with van der Waals surface area (Å²) < 4.78 is 5.36. The Kier molecular flexibility index (Phi) is 5.80. The van der Waals surface area contributed by atoms with Crippen LogP contribution in [-0.2, 0) is 9.53 Å². The second-order valence-corrected chi connectivity index (χ2v) is 8.70. The third kappa shape index (κ3) is 4.07. The molecule has 0 aromatic rings. The van der Waals surface area contributed by atoms with E-state index in [1.54, 1.807) is 5.57 Å². The van der Waals surface area contributed by atoms with E-state index < -0.39 is 0 Å². The van der Waals surface area contributed by atoms with E-state index in [0.29, 0.717) is 0 Å². The van der Waals surface area contributed by atoms with Gasteiger partial charge in [-0.1, -0.05) is 11.6 Å². The number of carbonyl (C=O) groups excluding carboxylic acids is 1. The third-order valence-corrected chi connectivity index (χ3v) is 7.06. The molecule has 1 saturated carbocycles. The number of amides is 1. The van der Waals surface area contributed by atoms with E-state index in [1.165, 1.54) is 38.6 Å². The van der Waals surface area contributed by atoms with Crippen LogP contribution in [0.5, 0.6) is 0 Å². The number of nitrogens with one attached hydrogen (secondary N) is 1. The summed E-state index contributed by atoms with van der Waals surface area (Å²) in [4.78, 5) is 15.2. The van der Waals surface area contributed by atoms with Crippen molar-refractivity contribution in [2.45, 2.75) is 76.8 Å². The van der Waals surface area contributed by atoms with E-state index in [2.05, 4.69) is 29.3 Å². The summed E-state index contributed by atoms with van der Waals surface area (Å²) in [6, 6.07) is 1.59. The molecule has 4 nitrogen and oxygen atoms in total. The van der Waals surface area contributed by atoms with Crippen molar-refractivity contribution in [3.63, 3.8) is 0 Å². The van der Waals surface area contributed by atoms with Crippen LogP contribution in [0.15, 0.2) is 23.4 Å². The highest BCUT2D eigenvalue weighted by Crippen LogP contribution is 2.39. The molecule has 3 fully saturated rings. The summed E-state index contributed by atoms with van der Waals surface area (Å²) in [6.45, 7) is 5.15. The summed E-state index contributed by atoms with van der Waals surface area (Å²) in [5.41, 5.74) is 2.72. The van der Waals surface area contributed by atoms with E-state index in [1.807, 2.05) is 0 Å². The van der Waals surface area contributed by atoms with Gasteiger partial charge in [-0.25, -0.2) is 0 Å². The van der Waals surface area contributed by atoms with E-state index in [4.69, 9.17) is 4.74 Å². The molecule has 0 radical (unpaired) electrons. The molecular formula is C22H34N2O2. The maximum Gasteiger partial charge on any atom is 0.227 e. The first-order chi connectivity index (χ1) is 12.7. The van der Waals surface area contributed by atoms with Gasteiger partial charge in [0.1, 0.15) is 0 Å². The Morgan fingerprint density at radius 3 is 2.65 bits per heavy atom. The maximum atomic E-state index is 12.4. The van der Waals surface area contributed by atoms with E-state index >= 15 is 0 Å². The van der Waals surface area contributed by atoms with Gasteiger partial charge in [0.15, 0.2) is 0 Å². The monoisotopic (exact) mass is 358 g/mol. The zero-order valence-electron chi connectivity index (χ0n) is 16.2. The third-order valence-electron chi connectivity index (χ3n) is 7.06. The van der Waals surface area contributed by atoms with Crippen LogP contribution >= 0.6 is 0 Å².